The van der Waals surface area contributed by atoms with Crippen LogP contribution in [0.3, 0.4) is 0 Å². The number of benzene rings is 2. The number of hydrogen-bond donors (Lipinski definition) is 1. The van der Waals surface area contributed by atoms with Crippen LogP contribution in [0.4, 0.5) is 4.39 Å². The van der Waals surface area contributed by atoms with E-state index in [1.165, 1.54) is 11.0 Å². The Morgan fingerprint density at radius 2 is 1.90 bits per heavy atom. The van der Waals surface area contributed by atoms with E-state index < -0.39 is 0 Å². The molecule has 1 unspecified atom stereocenters. The Kier molecular flexibility index (Phi) is 5.64. The molecule has 20 heavy (non-hydrogen) atoms. The maximum Gasteiger partial charge on any atom is 0.123 e. The maximum atomic E-state index is 13.4. The van der Waals surface area contributed by atoms with E-state index in [2.05, 4.69) is 33.4 Å². The minimum Gasteiger partial charge on any atom is -0.312 e. The summed E-state index contributed by atoms with van der Waals surface area (Å²) in [5, 5.41) is 3.27. The minimum atomic E-state index is -0.181. The van der Waals surface area contributed by atoms with Crippen molar-refractivity contribution in [3.63, 3.8) is 0 Å². The predicted octanol–water partition coefficient (Wildman–Crippen LogP) is 4.95. The third-order valence-electron chi connectivity index (χ3n) is 3.20. The Morgan fingerprint density at radius 3 is 2.55 bits per heavy atom. The molecule has 0 radical (unpaired) electrons. The summed E-state index contributed by atoms with van der Waals surface area (Å²) in [6.07, 6.45) is 0. The first-order chi connectivity index (χ1) is 9.60. The van der Waals surface area contributed by atoms with E-state index in [9.17, 15) is 4.39 Å². The zero-order valence-electron chi connectivity index (χ0n) is 11.5. The summed E-state index contributed by atoms with van der Waals surface area (Å²) in [7, 11) is 1.91. The first-order valence-electron chi connectivity index (χ1n) is 6.42. The molecule has 106 valence electrons. The van der Waals surface area contributed by atoms with Crippen LogP contribution in [0.2, 0.25) is 0 Å². The average Bonchev–Trinajstić information content (AvgIpc) is 2.45. The lowest BCUT2D eigenvalue weighted by molar-refractivity contribution is 0.609. The van der Waals surface area contributed by atoms with E-state index in [-0.39, 0.29) is 11.9 Å². The highest BCUT2D eigenvalue weighted by molar-refractivity contribution is 9.10. The van der Waals surface area contributed by atoms with Crippen LogP contribution >= 0.6 is 27.7 Å². The van der Waals surface area contributed by atoms with Crippen molar-refractivity contribution in [3.05, 3.63) is 63.9 Å². The first-order valence-corrected chi connectivity index (χ1v) is 8.19. The molecule has 0 heterocycles. The minimum absolute atomic E-state index is 0.138. The highest BCUT2D eigenvalue weighted by atomic mass is 79.9. The van der Waals surface area contributed by atoms with Crippen LogP contribution in [0.5, 0.6) is 0 Å². The molecule has 1 atom stereocenters. The van der Waals surface area contributed by atoms with Crippen LogP contribution in [-0.4, -0.2) is 12.8 Å². The van der Waals surface area contributed by atoms with Crippen LogP contribution in [0.25, 0.3) is 0 Å². The Hall–Kier alpha value is -0.840. The number of aryl methyl sites for hydroxylation is 1. The van der Waals surface area contributed by atoms with Gasteiger partial charge in [0, 0.05) is 21.2 Å². The molecule has 0 saturated heterocycles. The third kappa shape index (κ3) is 4.08. The van der Waals surface area contributed by atoms with Gasteiger partial charge in [0.25, 0.3) is 0 Å². The smallest absolute Gasteiger partial charge is 0.123 e. The zero-order chi connectivity index (χ0) is 14.5. The van der Waals surface area contributed by atoms with Crippen LogP contribution in [0.15, 0.2) is 51.8 Å². The lowest BCUT2D eigenvalue weighted by atomic mass is 10.0. The maximum absolute atomic E-state index is 13.4. The van der Waals surface area contributed by atoms with Gasteiger partial charge in [-0.1, -0.05) is 22.0 Å². The van der Waals surface area contributed by atoms with Gasteiger partial charge in [0.15, 0.2) is 0 Å². The Bertz CT molecular complexity index is 571. The molecule has 4 heteroatoms. The number of halogens is 2. The number of rotatable bonds is 5. The average molecular weight is 354 g/mol. The predicted molar refractivity (Wildman–Crippen MR) is 87.8 cm³/mol. The van der Waals surface area contributed by atoms with E-state index in [0.29, 0.717) is 0 Å². The van der Waals surface area contributed by atoms with Gasteiger partial charge in [-0.2, -0.15) is 0 Å². The van der Waals surface area contributed by atoms with Crippen LogP contribution in [0, 0.1) is 12.7 Å². The molecule has 0 aliphatic carbocycles. The molecule has 0 saturated carbocycles. The van der Waals surface area contributed by atoms with Crippen molar-refractivity contribution in [2.75, 3.05) is 12.8 Å². The third-order valence-corrected chi connectivity index (χ3v) is 4.83. The second-order valence-electron chi connectivity index (χ2n) is 4.61. The summed E-state index contributed by atoms with van der Waals surface area (Å²) < 4.78 is 14.5. The molecular formula is C16H17BrFNS. The largest absolute Gasteiger partial charge is 0.312 e. The van der Waals surface area contributed by atoms with Gasteiger partial charge in [-0.3, -0.25) is 0 Å². The summed E-state index contributed by atoms with van der Waals surface area (Å²) in [5.74, 6) is 0.682. The summed E-state index contributed by atoms with van der Waals surface area (Å²) in [4.78, 5) is 1.21. The fourth-order valence-electron chi connectivity index (χ4n) is 2.03. The molecule has 2 aromatic carbocycles. The van der Waals surface area contributed by atoms with E-state index in [1.54, 1.807) is 17.8 Å². The van der Waals surface area contributed by atoms with Crippen molar-refractivity contribution < 1.29 is 4.39 Å². The van der Waals surface area contributed by atoms with Gasteiger partial charge in [0.2, 0.25) is 0 Å². The lowest BCUT2D eigenvalue weighted by Gasteiger charge is -2.18. The molecule has 0 aliphatic heterocycles. The molecule has 1 N–H and O–H groups in total. The highest BCUT2D eigenvalue weighted by Crippen LogP contribution is 2.27. The Morgan fingerprint density at radius 1 is 1.20 bits per heavy atom. The SMILES string of the molecule is CNC(CSc1ccc(Br)cc1)c1cc(F)ccc1C. The Balaban J connectivity index is 2.09. The van der Waals surface area contributed by atoms with Crippen LogP contribution < -0.4 is 5.32 Å². The lowest BCUT2D eigenvalue weighted by Crippen LogP contribution is -2.19. The second-order valence-corrected chi connectivity index (χ2v) is 6.62. The molecule has 0 fully saturated rings. The molecule has 0 aromatic heterocycles. The number of hydrogen-bond acceptors (Lipinski definition) is 2. The number of thioether (sulfide) groups is 1. The van der Waals surface area contributed by atoms with E-state index >= 15 is 0 Å². The van der Waals surface area contributed by atoms with Crippen molar-refractivity contribution in [3.8, 4) is 0 Å². The van der Waals surface area contributed by atoms with Gasteiger partial charge in [0.05, 0.1) is 0 Å². The van der Waals surface area contributed by atoms with Gasteiger partial charge in [0.1, 0.15) is 5.82 Å². The van der Waals surface area contributed by atoms with Gasteiger partial charge in [-0.05, 0) is 61.5 Å². The summed E-state index contributed by atoms with van der Waals surface area (Å²) >= 11 is 5.20. The first kappa shape index (κ1) is 15.5. The second kappa shape index (κ2) is 7.25. The van der Waals surface area contributed by atoms with Crippen LogP contribution in [-0.2, 0) is 0 Å². The highest BCUT2D eigenvalue weighted by Gasteiger charge is 2.13. The fraction of sp³-hybridized carbons (Fsp3) is 0.250. The van der Waals surface area contributed by atoms with E-state index in [0.717, 1.165) is 21.4 Å². The topological polar surface area (TPSA) is 12.0 Å². The molecule has 0 spiro atoms. The zero-order valence-corrected chi connectivity index (χ0v) is 13.9. The van der Waals surface area contributed by atoms with Crippen molar-refractivity contribution in [1.82, 2.24) is 5.32 Å². The molecular weight excluding hydrogens is 337 g/mol. The standard InChI is InChI=1S/C16H17BrFNS/c1-11-3-6-13(18)9-15(11)16(19-2)10-20-14-7-4-12(17)5-8-14/h3-9,16,19H,10H2,1-2H3. The number of nitrogens with one attached hydrogen (secondary N) is 1. The summed E-state index contributed by atoms with van der Waals surface area (Å²) in [6, 6.07) is 13.3. The van der Waals surface area contributed by atoms with Crippen molar-refractivity contribution in [1.29, 1.82) is 0 Å². The molecule has 2 aromatic rings. The molecule has 0 aliphatic rings. The van der Waals surface area contributed by atoms with Crippen molar-refractivity contribution >= 4 is 27.7 Å². The summed E-state index contributed by atoms with van der Waals surface area (Å²) in [6.45, 7) is 2.02. The molecule has 0 bridgehead atoms. The summed E-state index contributed by atoms with van der Waals surface area (Å²) in [5.41, 5.74) is 2.14. The van der Waals surface area contributed by atoms with Gasteiger partial charge >= 0.3 is 0 Å². The van der Waals surface area contributed by atoms with Gasteiger partial charge in [-0.15, -0.1) is 11.8 Å². The molecule has 2 rings (SSSR count). The van der Waals surface area contributed by atoms with E-state index in [4.69, 9.17) is 0 Å². The normalized spacial score (nSPS) is 12.4. The van der Waals surface area contributed by atoms with E-state index in [1.807, 2.05) is 32.2 Å². The fourth-order valence-corrected chi connectivity index (χ4v) is 3.32. The monoisotopic (exact) mass is 353 g/mol. The van der Waals surface area contributed by atoms with Crippen LogP contribution in [0.1, 0.15) is 17.2 Å². The van der Waals surface area contributed by atoms with Crippen molar-refractivity contribution in [2.24, 2.45) is 0 Å². The molecule has 0 amide bonds. The van der Waals surface area contributed by atoms with Crippen molar-refractivity contribution in [2.45, 2.75) is 17.9 Å². The molecule has 1 nitrogen and oxygen atoms in total. The van der Waals surface area contributed by atoms with Gasteiger partial charge in [-0.25, -0.2) is 4.39 Å². The Labute approximate surface area is 132 Å². The quantitative estimate of drug-likeness (QED) is 0.763. The van der Waals surface area contributed by atoms with Gasteiger partial charge < -0.3 is 5.32 Å².